The second kappa shape index (κ2) is 3.85. The minimum Gasteiger partial charge on any atom is -0.491 e. The zero-order valence-electron chi connectivity index (χ0n) is 11.4. The van der Waals surface area contributed by atoms with Gasteiger partial charge in [0.1, 0.15) is 0 Å². The van der Waals surface area contributed by atoms with Crippen molar-refractivity contribution in [1.82, 2.24) is 9.88 Å². The minimum absolute atomic E-state index is 0.112. The van der Waals surface area contributed by atoms with Crippen LogP contribution in [0, 0.1) is 0 Å². The molecule has 2 aliphatic heterocycles. The Labute approximate surface area is 111 Å². The molecule has 2 aliphatic rings. The molecular weight excluding hydrogens is 244 g/mol. The standard InChI is InChI=1S/C14H18N2O3/c1-4-14-6-8(2)9-5-10(17)12(19-3)11(16(9)14)13(18)15-7-14/h5,8H,4,6-7H2,1-3H3,(H,15,18). The fourth-order valence-electron chi connectivity index (χ4n) is 3.56. The predicted octanol–water partition coefficient (Wildman–Crippen LogP) is 1.21. The van der Waals surface area contributed by atoms with Gasteiger partial charge in [0.15, 0.2) is 11.4 Å². The summed E-state index contributed by atoms with van der Waals surface area (Å²) in [5.74, 6) is 0.229. The summed E-state index contributed by atoms with van der Waals surface area (Å²) in [4.78, 5) is 24.2. The first-order valence-corrected chi connectivity index (χ1v) is 6.66. The fourth-order valence-corrected chi connectivity index (χ4v) is 3.56. The highest BCUT2D eigenvalue weighted by Gasteiger charge is 2.47. The van der Waals surface area contributed by atoms with E-state index in [1.807, 2.05) is 0 Å². The quantitative estimate of drug-likeness (QED) is 0.871. The third-order valence-corrected chi connectivity index (χ3v) is 4.52. The SMILES string of the molecule is CCC12CNC(=O)c3c(OC)c(=O)cc(n31)C(C)C2. The number of hydrogen-bond donors (Lipinski definition) is 1. The summed E-state index contributed by atoms with van der Waals surface area (Å²) in [5, 5.41) is 2.91. The molecule has 2 unspecified atom stereocenters. The second-order valence-electron chi connectivity index (χ2n) is 5.52. The van der Waals surface area contributed by atoms with Crippen molar-refractivity contribution in [1.29, 1.82) is 0 Å². The molecule has 1 aromatic rings. The van der Waals surface area contributed by atoms with Crippen molar-refractivity contribution >= 4 is 5.91 Å². The number of nitrogens with one attached hydrogen (secondary N) is 1. The van der Waals surface area contributed by atoms with Gasteiger partial charge in [0.25, 0.3) is 5.91 Å². The van der Waals surface area contributed by atoms with Crippen molar-refractivity contribution in [3.63, 3.8) is 0 Å². The lowest BCUT2D eigenvalue weighted by Gasteiger charge is -2.37. The van der Waals surface area contributed by atoms with Crippen molar-refractivity contribution in [3.8, 4) is 5.75 Å². The molecule has 0 aromatic carbocycles. The molecular formula is C14H18N2O3. The number of ether oxygens (including phenoxy) is 1. The normalized spacial score (nSPS) is 27.9. The van der Waals surface area contributed by atoms with Crippen molar-refractivity contribution in [2.24, 2.45) is 0 Å². The van der Waals surface area contributed by atoms with Crippen LogP contribution in [0.1, 0.15) is 48.8 Å². The van der Waals surface area contributed by atoms with Gasteiger partial charge in [-0.25, -0.2) is 0 Å². The Balaban J connectivity index is 2.41. The van der Waals surface area contributed by atoms with E-state index in [1.54, 1.807) is 6.07 Å². The van der Waals surface area contributed by atoms with E-state index in [2.05, 4.69) is 23.7 Å². The van der Waals surface area contributed by atoms with Gasteiger partial charge >= 0.3 is 0 Å². The maximum atomic E-state index is 12.2. The molecule has 0 aliphatic carbocycles. The molecule has 5 nitrogen and oxygen atoms in total. The van der Waals surface area contributed by atoms with Crippen LogP contribution in [0.5, 0.6) is 5.75 Å². The van der Waals surface area contributed by atoms with E-state index in [9.17, 15) is 9.59 Å². The Kier molecular flexibility index (Phi) is 2.49. The van der Waals surface area contributed by atoms with Gasteiger partial charge in [-0.2, -0.15) is 0 Å². The minimum atomic E-state index is -0.214. The van der Waals surface area contributed by atoms with E-state index in [1.165, 1.54) is 7.11 Å². The largest absolute Gasteiger partial charge is 0.491 e. The monoisotopic (exact) mass is 262 g/mol. The summed E-state index contributed by atoms with van der Waals surface area (Å²) in [6.45, 7) is 4.85. The van der Waals surface area contributed by atoms with Gasteiger partial charge < -0.3 is 14.6 Å². The van der Waals surface area contributed by atoms with E-state index in [-0.39, 0.29) is 28.5 Å². The molecule has 0 saturated carbocycles. The molecule has 3 rings (SSSR count). The van der Waals surface area contributed by atoms with Crippen molar-refractivity contribution in [2.75, 3.05) is 13.7 Å². The number of pyridine rings is 1. The van der Waals surface area contributed by atoms with Crippen LogP contribution in [-0.4, -0.2) is 24.1 Å². The van der Waals surface area contributed by atoms with Gasteiger partial charge in [0.2, 0.25) is 5.43 Å². The highest BCUT2D eigenvalue weighted by atomic mass is 16.5. The molecule has 3 heterocycles. The Bertz CT molecular complexity index is 620. The third-order valence-electron chi connectivity index (χ3n) is 4.52. The zero-order valence-corrected chi connectivity index (χ0v) is 11.4. The van der Waals surface area contributed by atoms with E-state index < -0.39 is 0 Å². The zero-order chi connectivity index (χ0) is 13.8. The van der Waals surface area contributed by atoms with Crippen LogP contribution in [0.3, 0.4) is 0 Å². The molecule has 5 heteroatoms. The topological polar surface area (TPSA) is 60.3 Å². The number of methoxy groups -OCH3 is 1. The Hall–Kier alpha value is -1.78. The van der Waals surface area contributed by atoms with Gasteiger partial charge in [-0.3, -0.25) is 9.59 Å². The smallest absolute Gasteiger partial charge is 0.272 e. The molecule has 19 heavy (non-hydrogen) atoms. The summed E-state index contributed by atoms with van der Waals surface area (Å²) in [5.41, 5.74) is 1.03. The first-order chi connectivity index (χ1) is 9.04. The summed E-state index contributed by atoms with van der Waals surface area (Å²) >= 11 is 0. The molecule has 2 atom stereocenters. The van der Waals surface area contributed by atoms with Gasteiger partial charge in [0.05, 0.1) is 12.6 Å². The van der Waals surface area contributed by atoms with Gasteiger partial charge in [0, 0.05) is 18.3 Å². The second-order valence-corrected chi connectivity index (χ2v) is 5.52. The average Bonchev–Trinajstić information content (AvgIpc) is 2.68. The molecule has 1 amide bonds. The van der Waals surface area contributed by atoms with Gasteiger partial charge in [-0.05, 0) is 18.8 Å². The summed E-state index contributed by atoms with van der Waals surface area (Å²) in [7, 11) is 1.44. The summed E-state index contributed by atoms with van der Waals surface area (Å²) in [6.07, 6.45) is 1.87. The maximum absolute atomic E-state index is 12.2. The Morgan fingerprint density at radius 1 is 1.53 bits per heavy atom. The number of nitrogens with zero attached hydrogens (tertiary/aromatic N) is 1. The van der Waals surface area contributed by atoms with Crippen LogP contribution in [0.4, 0.5) is 0 Å². The van der Waals surface area contributed by atoms with Gasteiger partial charge in [-0.1, -0.05) is 13.8 Å². The number of carbonyl (C=O) groups excluding carboxylic acids is 1. The van der Waals surface area contributed by atoms with Crippen LogP contribution in [0.15, 0.2) is 10.9 Å². The highest BCUT2D eigenvalue weighted by Crippen LogP contribution is 2.45. The lowest BCUT2D eigenvalue weighted by Crippen LogP contribution is -2.51. The van der Waals surface area contributed by atoms with Crippen LogP contribution < -0.4 is 15.5 Å². The molecule has 1 N–H and O–H groups in total. The summed E-state index contributed by atoms with van der Waals surface area (Å²) in [6, 6.07) is 1.63. The maximum Gasteiger partial charge on any atom is 0.272 e. The fraction of sp³-hybridized carbons (Fsp3) is 0.571. The van der Waals surface area contributed by atoms with Crippen LogP contribution in [-0.2, 0) is 5.54 Å². The number of carbonyl (C=O) groups is 1. The lowest BCUT2D eigenvalue weighted by molar-refractivity contribution is 0.0863. The average molecular weight is 262 g/mol. The molecule has 0 saturated heterocycles. The number of hydrogen-bond acceptors (Lipinski definition) is 3. The van der Waals surface area contributed by atoms with Crippen LogP contribution >= 0.6 is 0 Å². The lowest BCUT2D eigenvalue weighted by atomic mass is 9.88. The van der Waals surface area contributed by atoms with E-state index in [4.69, 9.17) is 4.74 Å². The van der Waals surface area contributed by atoms with Crippen molar-refractivity contribution < 1.29 is 9.53 Å². The molecule has 0 bridgehead atoms. The third kappa shape index (κ3) is 1.41. The summed E-state index contributed by atoms with van der Waals surface area (Å²) < 4.78 is 7.23. The number of amides is 1. The van der Waals surface area contributed by atoms with E-state index in [0.29, 0.717) is 12.2 Å². The van der Waals surface area contributed by atoms with Crippen LogP contribution in [0.2, 0.25) is 0 Å². The van der Waals surface area contributed by atoms with Crippen molar-refractivity contribution in [2.45, 2.75) is 38.1 Å². The molecule has 102 valence electrons. The van der Waals surface area contributed by atoms with Crippen LogP contribution in [0.25, 0.3) is 0 Å². The Morgan fingerprint density at radius 3 is 2.89 bits per heavy atom. The molecule has 0 radical (unpaired) electrons. The number of rotatable bonds is 2. The molecule has 0 fully saturated rings. The first kappa shape index (κ1) is 12.3. The van der Waals surface area contributed by atoms with E-state index >= 15 is 0 Å². The Morgan fingerprint density at radius 2 is 2.26 bits per heavy atom. The molecule has 0 spiro atoms. The molecule has 1 aromatic heterocycles. The van der Waals surface area contributed by atoms with Gasteiger partial charge in [-0.15, -0.1) is 0 Å². The first-order valence-electron chi connectivity index (χ1n) is 6.66. The number of aromatic nitrogens is 1. The van der Waals surface area contributed by atoms with Crippen molar-refractivity contribution in [3.05, 3.63) is 27.7 Å². The van der Waals surface area contributed by atoms with E-state index in [0.717, 1.165) is 18.5 Å². The predicted molar refractivity (Wildman–Crippen MR) is 70.9 cm³/mol. The highest BCUT2D eigenvalue weighted by molar-refractivity contribution is 5.96.